The van der Waals surface area contributed by atoms with Crippen molar-refractivity contribution in [2.75, 3.05) is 5.32 Å². The van der Waals surface area contributed by atoms with E-state index in [1.54, 1.807) is 24.5 Å². The molecule has 0 spiro atoms. The van der Waals surface area contributed by atoms with Gasteiger partial charge in [-0.1, -0.05) is 24.3 Å². The number of aryl methyl sites for hydroxylation is 1. The van der Waals surface area contributed by atoms with E-state index in [1.165, 1.54) is 4.90 Å². The number of benzene rings is 2. The molecule has 2 heterocycles. The Balaban J connectivity index is 1.72. The lowest BCUT2D eigenvalue weighted by Crippen LogP contribution is -2.32. The van der Waals surface area contributed by atoms with Crippen LogP contribution in [0.25, 0.3) is 5.57 Å². The Bertz CT molecular complexity index is 1170. The van der Waals surface area contributed by atoms with Crippen molar-refractivity contribution in [1.82, 2.24) is 9.88 Å². The summed E-state index contributed by atoms with van der Waals surface area (Å²) in [5.74, 6) is 0.0216. The minimum absolute atomic E-state index is 0.0455. The van der Waals surface area contributed by atoms with E-state index in [0.717, 1.165) is 16.8 Å². The van der Waals surface area contributed by atoms with E-state index in [9.17, 15) is 9.59 Å². The lowest BCUT2D eigenvalue weighted by molar-refractivity contribution is -0.137. The Kier molecular flexibility index (Phi) is 6.03. The maximum absolute atomic E-state index is 13.4. The van der Waals surface area contributed by atoms with Crippen molar-refractivity contribution >= 4 is 23.1 Å². The Morgan fingerprint density at radius 2 is 1.69 bits per heavy atom. The fourth-order valence-electron chi connectivity index (χ4n) is 3.61. The number of aromatic nitrogens is 1. The molecule has 0 saturated carbocycles. The van der Waals surface area contributed by atoms with Crippen LogP contribution < -0.4 is 10.1 Å². The zero-order valence-electron chi connectivity index (χ0n) is 18.3. The van der Waals surface area contributed by atoms with Gasteiger partial charge < -0.3 is 10.1 Å². The second-order valence-electron chi connectivity index (χ2n) is 7.99. The molecule has 1 N–H and O–H groups in total. The van der Waals surface area contributed by atoms with E-state index in [4.69, 9.17) is 4.74 Å². The molecule has 0 atom stereocenters. The van der Waals surface area contributed by atoms with Gasteiger partial charge in [-0.15, -0.1) is 0 Å². The monoisotopic (exact) mass is 427 g/mol. The third-order valence-electron chi connectivity index (χ3n) is 5.06. The second-order valence-corrected chi connectivity index (χ2v) is 7.99. The molecule has 162 valence electrons. The number of nitrogens with zero attached hydrogens (tertiary/aromatic N) is 2. The van der Waals surface area contributed by atoms with Crippen molar-refractivity contribution < 1.29 is 14.3 Å². The molecule has 3 aromatic rings. The van der Waals surface area contributed by atoms with Gasteiger partial charge in [-0.2, -0.15) is 0 Å². The Morgan fingerprint density at radius 1 is 0.969 bits per heavy atom. The first-order valence-electron chi connectivity index (χ1n) is 10.5. The van der Waals surface area contributed by atoms with Gasteiger partial charge in [0.25, 0.3) is 11.8 Å². The highest BCUT2D eigenvalue weighted by atomic mass is 16.5. The molecule has 4 rings (SSSR count). The Morgan fingerprint density at radius 3 is 2.34 bits per heavy atom. The number of imide groups is 1. The highest BCUT2D eigenvalue weighted by Gasteiger charge is 2.39. The van der Waals surface area contributed by atoms with Gasteiger partial charge in [0.1, 0.15) is 11.4 Å². The van der Waals surface area contributed by atoms with Gasteiger partial charge >= 0.3 is 0 Å². The van der Waals surface area contributed by atoms with E-state index in [-0.39, 0.29) is 30.2 Å². The van der Waals surface area contributed by atoms with Gasteiger partial charge in [0, 0.05) is 18.1 Å². The average molecular weight is 428 g/mol. The van der Waals surface area contributed by atoms with Crippen LogP contribution in [0.4, 0.5) is 5.69 Å². The first-order valence-corrected chi connectivity index (χ1v) is 10.5. The third-order valence-corrected chi connectivity index (χ3v) is 5.06. The first kappa shape index (κ1) is 21.3. The molecule has 0 radical (unpaired) electrons. The smallest absolute Gasteiger partial charge is 0.278 e. The van der Waals surface area contributed by atoms with Gasteiger partial charge in [-0.05, 0) is 73.9 Å². The van der Waals surface area contributed by atoms with Crippen LogP contribution in [-0.4, -0.2) is 27.8 Å². The number of pyridine rings is 1. The lowest BCUT2D eigenvalue weighted by Gasteiger charge is -2.15. The fraction of sp³-hybridized carbons (Fsp3) is 0.192. The van der Waals surface area contributed by atoms with Crippen LogP contribution in [0.5, 0.6) is 5.75 Å². The Labute approximate surface area is 187 Å². The molecule has 2 amide bonds. The average Bonchev–Trinajstić information content (AvgIpc) is 2.99. The number of carbonyl (C=O) groups excluding carboxylic acids is 2. The van der Waals surface area contributed by atoms with Crippen molar-refractivity contribution in [3.05, 3.63) is 95.4 Å². The summed E-state index contributed by atoms with van der Waals surface area (Å²) in [5, 5.41) is 3.20. The summed E-state index contributed by atoms with van der Waals surface area (Å²) in [4.78, 5) is 32.0. The molecule has 0 aliphatic carbocycles. The first-order chi connectivity index (χ1) is 15.4. The van der Waals surface area contributed by atoms with Crippen molar-refractivity contribution in [3.63, 3.8) is 0 Å². The number of anilines is 1. The zero-order valence-corrected chi connectivity index (χ0v) is 18.3. The van der Waals surface area contributed by atoms with Crippen molar-refractivity contribution in [1.29, 1.82) is 0 Å². The molecule has 2 aromatic carbocycles. The van der Waals surface area contributed by atoms with Gasteiger partial charge in [-0.3, -0.25) is 19.5 Å². The van der Waals surface area contributed by atoms with Gasteiger partial charge in [0.05, 0.1) is 18.2 Å². The number of carbonyl (C=O) groups is 2. The molecule has 32 heavy (non-hydrogen) atoms. The zero-order chi connectivity index (χ0) is 22.7. The molecule has 0 bridgehead atoms. The number of ether oxygens (including phenoxy) is 1. The van der Waals surface area contributed by atoms with Crippen LogP contribution in [0.3, 0.4) is 0 Å². The summed E-state index contributed by atoms with van der Waals surface area (Å²) in [6, 6.07) is 18.5. The molecule has 0 fully saturated rings. The van der Waals surface area contributed by atoms with Gasteiger partial charge in [0.2, 0.25) is 0 Å². The summed E-state index contributed by atoms with van der Waals surface area (Å²) >= 11 is 0. The Hall–Kier alpha value is -3.93. The highest BCUT2D eigenvalue weighted by molar-refractivity contribution is 6.36. The molecule has 0 unspecified atom stereocenters. The number of rotatable bonds is 7. The van der Waals surface area contributed by atoms with Gasteiger partial charge in [0.15, 0.2) is 0 Å². The largest absolute Gasteiger partial charge is 0.491 e. The van der Waals surface area contributed by atoms with Crippen LogP contribution in [0.15, 0.2) is 78.8 Å². The maximum atomic E-state index is 13.4. The summed E-state index contributed by atoms with van der Waals surface area (Å²) in [6.07, 6.45) is 3.34. The van der Waals surface area contributed by atoms with Crippen LogP contribution in [0.1, 0.15) is 30.5 Å². The summed E-state index contributed by atoms with van der Waals surface area (Å²) < 4.78 is 5.72. The molecule has 1 aliphatic rings. The SMILES string of the molecule is Cc1cccc(NC2=C(c3ccc(OC(C)C)cc3)C(=O)N(Cc3ccncc3)C2=O)c1. The molecular formula is C26H25N3O3. The molecule has 0 saturated heterocycles. The minimum Gasteiger partial charge on any atom is -0.491 e. The van der Waals surface area contributed by atoms with E-state index in [0.29, 0.717) is 16.9 Å². The predicted octanol–water partition coefficient (Wildman–Crippen LogP) is 4.57. The van der Waals surface area contributed by atoms with E-state index < -0.39 is 0 Å². The highest BCUT2D eigenvalue weighted by Crippen LogP contribution is 2.32. The topological polar surface area (TPSA) is 71.5 Å². The molecule has 6 nitrogen and oxygen atoms in total. The quantitative estimate of drug-likeness (QED) is 0.559. The normalized spacial score (nSPS) is 13.8. The van der Waals surface area contributed by atoms with Crippen LogP contribution in [-0.2, 0) is 16.1 Å². The number of hydrogen-bond acceptors (Lipinski definition) is 5. The number of hydrogen-bond donors (Lipinski definition) is 1. The fourth-order valence-corrected chi connectivity index (χ4v) is 3.61. The summed E-state index contributed by atoms with van der Waals surface area (Å²) in [6.45, 7) is 6.06. The standard InChI is InChI=1S/C26H25N3O3/c1-17(2)32-22-9-7-20(8-10-22)23-24(28-21-6-4-5-18(3)15-21)26(31)29(25(23)30)16-19-11-13-27-14-12-19/h4-15,17,28H,16H2,1-3H3. The summed E-state index contributed by atoms with van der Waals surface area (Å²) in [7, 11) is 0. The number of nitrogens with one attached hydrogen (secondary N) is 1. The van der Waals surface area contributed by atoms with E-state index in [2.05, 4.69) is 10.3 Å². The summed E-state index contributed by atoms with van der Waals surface area (Å²) in [5.41, 5.74) is 3.92. The van der Waals surface area contributed by atoms with Crippen LogP contribution in [0, 0.1) is 6.92 Å². The molecular weight excluding hydrogens is 402 g/mol. The predicted molar refractivity (Wildman–Crippen MR) is 124 cm³/mol. The van der Waals surface area contributed by atoms with Crippen molar-refractivity contribution in [2.24, 2.45) is 0 Å². The number of amides is 2. The lowest BCUT2D eigenvalue weighted by atomic mass is 10.0. The van der Waals surface area contributed by atoms with Crippen molar-refractivity contribution in [2.45, 2.75) is 33.4 Å². The third kappa shape index (κ3) is 4.54. The van der Waals surface area contributed by atoms with Crippen LogP contribution in [0.2, 0.25) is 0 Å². The van der Waals surface area contributed by atoms with E-state index >= 15 is 0 Å². The minimum atomic E-state index is -0.356. The molecule has 1 aromatic heterocycles. The molecule has 1 aliphatic heterocycles. The van der Waals surface area contributed by atoms with E-state index in [1.807, 2.05) is 69.3 Å². The second kappa shape index (κ2) is 9.06. The van der Waals surface area contributed by atoms with Crippen LogP contribution >= 0.6 is 0 Å². The molecule has 6 heteroatoms. The van der Waals surface area contributed by atoms with Crippen molar-refractivity contribution in [3.8, 4) is 5.75 Å². The maximum Gasteiger partial charge on any atom is 0.278 e. The van der Waals surface area contributed by atoms with Gasteiger partial charge in [-0.25, -0.2) is 0 Å².